The summed E-state index contributed by atoms with van der Waals surface area (Å²) in [5.74, 6) is -0.694. The van der Waals surface area contributed by atoms with E-state index >= 15 is 0 Å². The van der Waals surface area contributed by atoms with Crippen LogP contribution in [0.15, 0.2) is 0 Å². The van der Waals surface area contributed by atoms with Crippen molar-refractivity contribution in [2.45, 2.75) is 57.8 Å². The topological polar surface area (TPSA) is 79.2 Å². The Bertz CT molecular complexity index is 669. The Hall–Kier alpha value is -1.87. The normalized spacial score (nSPS) is 17.6. The van der Waals surface area contributed by atoms with Crippen LogP contribution in [0, 0.1) is 17.2 Å². The van der Waals surface area contributed by atoms with Gasteiger partial charge in [0.1, 0.15) is 11.1 Å². The molecule has 0 bridgehead atoms. The predicted octanol–water partition coefficient (Wildman–Crippen LogP) is 3.56. The molecule has 1 heterocycles. The summed E-state index contributed by atoms with van der Waals surface area (Å²) < 4.78 is 5.16. The first kappa shape index (κ1) is 17.0. The minimum atomic E-state index is -0.366. The number of ether oxygens (including phenoxy) is 1. The minimum Gasteiger partial charge on any atom is -0.455 e. The lowest BCUT2D eigenvalue weighted by atomic mass is 9.89. The molecule has 1 N–H and O–H groups in total. The van der Waals surface area contributed by atoms with Crippen LogP contribution in [0.5, 0.6) is 0 Å². The Balaban J connectivity index is 1.56. The van der Waals surface area contributed by atoms with Gasteiger partial charge in [0.25, 0.3) is 5.91 Å². The number of carbonyl (C=O) groups is 2. The number of nitrogens with zero attached hydrogens (tertiary/aromatic N) is 1. The zero-order valence-electron chi connectivity index (χ0n) is 13.7. The third-order valence-electron chi connectivity index (χ3n) is 4.82. The van der Waals surface area contributed by atoms with Gasteiger partial charge in [-0.15, -0.1) is 11.3 Å². The van der Waals surface area contributed by atoms with Crippen molar-refractivity contribution >= 4 is 28.2 Å². The minimum absolute atomic E-state index is 0.0599. The summed E-state index contributed by atoms with van der Waals surface area (Å²) in [5.41, 5.74) is 1.67. The van der Waals surface area contributed by atoms with Crippen molar-refractivity contribution in [2.75, 3.05) is 11.9 Å². The third kappa shape index (κ3) is 3.78. The van der Waals surface area contributed by atoms with Crippen molar-refractivity contribution in [3.05, 3.63) is 16.0 Å². The van der Waals surface area contributed by atoms with Crippen LogP contribution in [-0.2, 0) is 27.2 Å². The van der Waals surface area contributed by atoms with Crippen LogP contribution in [0.4, 0.5) is 5.00 Å². The van der Waals surface area contributed by atoms with Gasteiger partial charge in [-0.2, -0.15) is 5.26 Å². The molecule has 2 aliphatic carbocycles. The highest BCUT2D eigenvalue weighted by Crippen LogP contribution is 2.37. The summed E-state index contributed by atoms with van der Waals surface area (Å²) in [6.07, 6.45) is 9.09. The number of fused-ring (bicyclic) bond motifs is 1. The number of hydrogen-bond acceptors (Lipinski definition) is 5. The Kier molecular flexibility index (Phi) is 5.52. The van der Waals surface area contributed by atoms with E-state index in [2.05, 4.69) is 11.4 Å². The number of anilines is 1. The van der Waals surface area contributed by atoms with Gasteiger partial charge in [-0.3, -0.25) is 9.59 Å². The van der Waals surface area contributed by atoms with Crippen LogP contribution in [0.3, 0.4) is 0 Å². The Morgan fingerprint density at radius 2 is 1.92 bits per heavy atom. The summed E-state index contributed by atoms with van der Waals surface area (Å²) in [7, 11) is 0. The van der Waals surface area contributed by atoms with Crippen molar-refractivity contribution < 1.29 is 14.3 Å². The first-order chi connectivity index (χ1) is 11.7. The number of carbonyl (C=O) groups excluding carboxylic acids is 2. The second kappa shape index (κ2) is 7.80. The summed E-state index contributed by atoms with van der Waals surface area (Å²) >= 11 is 1.48. The molecule has 0 unspecified atom stereocenters. The average molecular weight is 346 g/mol. The van der Waals surface area contributed by atoms with E-state index in [-0.39, 0.29) is 24.4 Å². The molecule has 1 aromatic rings. The van der Waals surface area contributed by atoms with Crippen LogP contribution < -0.4 is 5.32 Å². The van der Waals surface area contributed by atoms with Crippen molar-refractivity contribution in [1.82, 2.24) is 0 Å². The van der Waals surface area contributed by atoms with Crippen molar-refractivity contribution in [1.29, 1.82) is 5.26 Å². The third-order valence-corrected chi connectivity index (χ3v) is 6.03. The van der Waals surface area contributed by atoms with Gasteiger partial charge >= 0.3 is 5.97 Å². The van der Waals surface area contributed by atoms with Crippen molar-refractivity contribution in [3.63, 3.8) is 0 Å². The number of amides is 1. The van der Waals surface area contributed by atoms with E-state index in [1.54, 1.807) is 0 Å². The second-order valence-corrected chi connectivity index (χ2v) is 7.62. The maximum Gasteiger partial charge on any atom is 0.309 e. The van der Waals surface area contributed by atoms with Gasteiger partial charge in [-0.05, 0) is 44.1 Å². The molecule has 1 aromatic heterocycles. The molecule has 128 valence electrons. The van der Waals surface area contributed by atoms with E-state index in [4.69, 9.17) is 4.74 Å². The fourth-order valence-corrected chi connectivity index (χ4v) is 4.78. The smallest absolute Gasteiger partial charge is 0.309 e. The summed E-state index contributed by atoms with van der Waals surface area (Å²) in [4.78, 5) is 25.3. The zero-order valence-corrected chi connectivity index (χ0v) is 14.5. The maximum absolute atomic E-state index is 12.1. The summed E-state index contributed by atoms with van der Waals surface area (Å²) in [5, 5.41) is 12.7. The van der Waals surface area contributed by atoms with E-state index in [9.17, 15) is 14.9 Å². The van der Waals surface area contributed by atoms with Crippen molar-refractivity contribution in [2.24, 2.45) is 5.92 Å². The van der Waals surface area contributed by atoms with E-state index in [1.807, 2.05) is 0 Å². The highest BCUT2D eigenvalue weighted by atomic mass is 32.1. The molecule has 0 spiro atoms. The molecule has 1 amide bonds. The standard InChI is InChI=1S/C18H22N2O3S/c19-10-14-13-8-4-5-9-15(13)24-17(14)20-16(21)11-23-18(22)12-6-2-1-3-7-12/h12H,1-9,11H2,(H,20,21). The van der Waals surface area contributed by atoms with Gasteiger partial charge in [-0.25, -0.2) is 0 Å². The number of nitriles is 1. The molecule has 2 aliphatic rings. The number of thiophene rings is 1. The number of esters is 1. The first-order valence-corrected chi connectivity index (χ1v) is 9.52. The van der Waals surface area contributed by atoms with E-state index in [0.717, 1.165) is 56.9 Å². The van der Waals surface area contributed by atoms with Crippen molar-refractivity contribution in [3.8, 4) is 6.07 Å². The van der Waals surface area contributed by atoms with E-state index in [0.29, 0.717) is 10.6 Å². The van der Waals surface area contributed by atoms with E-state index in [1.165, 1.54) is 22.6 Å². The molecule has 0 aliphatic heterocycles. The highest BCUT2D eigenvalue weighted by Gasteiger charge is 2.24. The number of hydrogen-bond donors (Lipinski definition) is 1. The Morgan fingerprint density at radius 1 is 1.17 bits per heavy atom. The van der Waals surface area contributed by atoms with Crippen LogP contribution in [0.25, 0.3) is 0 Å². The van der Waals surface area contributed by atoms with Gasteiger partial charge in [-0.1, -0.05) is 19.3 Å². The molecular formula is C18H22N2O3S. The molecule has 3 rings (SSSR count). The van der Waals surface area contributed by atoms with Gasteiger partial charge in [0.05, 0.1) is 11.5 Å². The van der Waals surface area contributed by atoms with Gasteiger partial charge < -0.3 is 10.1 Å². The highest BCUT2D eigenvalue weighted by molar-refractivity contribution is 7.16. The zero-order chi connectivity index (χ0) is 16.9. The molecule has 0 aromatic carbocycles. The predicted molar refractivity (Wildman–Crippen MR) is 91.8 cm³/mol. The molecule has 0 atom stereocenters. The Labute approximate surface area is 146 Å². The van der Waals surface area contributed by atoms with Gasteiger partial charge in [0, 0.05) is 4.88 Å². The first-order valence-electron chi connectivity index (χ1n) is 8.70. The fourth-order valence-electron chi connectivity index (χ4n) is 3.53. The molecular weight excluding hydrogens is 324 g/mol. The van der Waals surface area contributed by atoms with Gasteiger partial charge in [0.15, 0.2) is 6.61 Å². The maximum atomic E-state index is 12.1. The largest absolute Gasteiger partial charge is 0.455 e. The lowest BCUT2D eigenvalue weighted by Crippen LogP contribution is -2.26. The number of aryl methyl sites for hydroxylation is 1. The van der Waals surface area contributed by atoms with Crippen LogP contribution in [0.1, 0.15) is 60.9 Å². The molecule has 0 saturated heterocycles. The monoisotopic (exact) mass is 346 g/mol. The lowest BCUT2D eigenvalue weighted by Gasteiger charge is -2.19. The van der Waals surface area contributed by atoms with E-state index < -0.39 is 0 Å². The van der Waals surface area contributed by atoms with Crippen LogP contribution in [0.2, 0.25) is 0 Å². The quantitative estimate of drug-likeness (QED) is 0.846. The molecule has 24 heavy (non-hydrogen) atoms. The molecule has 1 fully saturated rings. The SMILES string of the molecule is N#Cc1c(NC(=O)COC(=O)C2CCCCC2)sc2c1CCCC2. The van der Waals surface area contributed by atoms with Crippen LogP contribution in [-0.4, -0.2) is 18.5 Å². The summed E-state index contributed by atoms with van der Waals surface area (Å²) in [6.45, 7) is -0.275. The Morgan fingerprint density at radius 3 is 2.67 bits per heavy atom. The fraction of sp³-hybridized carbons (Fsp3) is 0.611. The molecule has 0 radical (unpaired) electrons. The average Bonchev–Trinajstić information content (AvgIpc) is 2.97. The molecule has 5 nitrogen and oxygen atoms in total. The molecule has 6 heteroatoms. The van der Waals surface area contributed by atoms with Crippen LogP contribution >= 0.6 is 11.3 Å². The second-order valence-electron chi connectivity index (χ2n) is 6.52. The number of rotatable bonds is 4. The lowest BCUT2D eigenvalue weighted by molar-refractivity contribution is -0.152. The summed E-state index contributed by atoms with van der Waals surface area (Å²) in [6, 6.07) is 2.21. The molecule has 1 saturated carbocycles. The number of nitrogens with one attached hydrogen (secondary N) is 1. The van der Waals surface area contributed by atoms with Gasteiger partial charge in [0.2, 0.25) is 0 Å².